The summed E-state index contributed by atoms with van der Waals surface area (Å²) in [4.78, 5) is 33.5. The first-order valence-corrected chi connectivity index (χ1v) is 10.00. The second kappa shape index (κ2) is 9.54. The molecule has 7 nitrogen and oxygen atoms in total. The molecule has 158 valence electrons. The topological polar surface area (TPSA) is 83.0 Å². The first-order valence-electron chi connectivity index (χ1n) is 10.00. The number of hydrogen-bond acceptors (Lipinski definition) is 6. The smallest absolute Gasteiger partial charge is 0.295 e. The Kier molecular flexibility index (Phi) is 6.84. The van der Waals surface area contributed by atoms with Crippen LogP contribution in [0.25, 0.3) is 5.76 Å². The lowest BCUT2D eigenvalue weighted by Gasteiger charge is -2.25. The normalized spacial score (nSPS) is 18.3. The van der Waals surface area contributed by atoms with E-state index in [4.69, 9.17) is 4.74 Å². The van der Waals surface area contributed by atoms with Gasteiger partial charge >= 0.3 is 0 Å². The Labute approximate surface area is 176 Å². The fourth-order valence-electron chi connectivity index (χ4n) is 3.61. The van der Waals surface area contributed by atoms with Crippen LogP contribution in [0.5, 0.6) is 5.75 Å². The van der Waals surface area contributed by atoms with Gasteiger partial charge < -0.3 is 19.6 Å². The van der Waals surface area contributed by atoms with Crippen molar-refractivity contribution in [2.24, 2.45) is 0 Å². The van der Waals surface area contributed by atoms with E-state index in [2.05, 4.69) is 4.98 Å². The van der Waals surface area contributed by atoms with Crippen molar-refractivity contribution >= 4 is 17.4 Å². The molecule has 1 saturated heterocycles. The maximum Gasteiger partial charge on any atom is 0.295 e. The summed E-state index contributed by atoms with van der Waals surface area (Å²) >= 11 is 0. The van der Waals surface area contributed by atoms with E-state index in [9.17, 15) is 14.7 Å². The molecule has 7 heteroatoms. The molecule has 0 radical (unpaired) electrons. The highest BCUT2D eigenvalue weighted by Gasteiger charge is 2.45. The summed E-state index contributed by atoms with van der Waals surface area (Å²) in [5, 5.41) is 11.1. The molecule has 30 heavy (non-hydrogen) atoms. The van der Waals surface area contributed by atoms with Crippen molar-refractivity contribution in [3.63, 3.8) is 0 Å². The lowest BCUT2D eigenvalue weighted by Crippen LogP contribution is -2.32. The van der Waals surface area contributed by atoms with E-state index in [0.29, 0.717) is 36.4 Å². The minimum atomic E-state index is -0.687. The van der Waals surface area contributed by atoms with Crippen LogP contribution in [0.2, 0.25) is 0 Å². The van der Waals surface area contributed by atoms with Gasteiger partial charge in [-0.05, 0) is 57.7 Å². The zero-order valence-electron chi connectivity index (χ0n) is 17.5. The Balaban J connectivity index is 2.06. The SMILES string of the molecule is CCOc1cccc(/C(O)=C2\C(=O)C(=O)N(CCCN(C)C)C2c2cccnc2)c1. The zero-order chi connectivity index (χ0) is 21.7. The molecule has 0 bridgehead atoms. The third kappa shape index (κ3) is 4.52. The second-order valence-electron chi connectivity index (χ2n) is 7.40. The number of carbonyl (C=O) groups is 2. The van der Waals surface area contributed by atoms with Gasteiger partial charge in [-0.15, -0.1) is 0 Å². The molecule has 1 atom stereocenters. The molecule has 2 aromatic rings. The average Bonchev–Trinajstić information content (AvgIpc) is 2.99. The first kappa shape index (κ1) is 21.5. The van der Waals surface area contributed by atoms with E-state index in [1.807, 2.05) is 32.0 Å². The molecule has 1 aromatic heterocycles. The van der Waals surface area contributed by atoms with E-state index in [0.717, 1.165) is 6.54 Å². The van der Waals surface area contributed by atoms with Crippen molar-refractivity contribution in [2.75, 3.05) is 33.8 Å². The van der Waals surface area contributed by atoms with Crippen LogP contribution in [-0.2, 0) is 9.59 Å². The molecule has 3 rings (SSSR count). The average molecular weight is 409 g/mol. The number of ketones is 1. The standard InChI is InChI=1S/C23H27N3O4/c1-4-30-18-10-5-8-16(14-18)21(27)19-20(17-9-6-11-24-15-17)26(23(29)22(19)28)13-7-12-25(2)3/h5-6,8-11,14-15,20,27H,4,7,12-13H2,1-3H3/b21-19+. The van der Waals surface area contributed by atoms with E-state index >= 15 is 0 Å². The van der Waals surface area contributed by atoms with Crippen LogP contribution in [0, 0.1) is 0 Å². The molecule has 2 heterocycles. The minimum Gasteiger partial charge on any atom is -0.507 e. The van der Waals surface area contributed by atoms with Crippen LogP contribution in [-0.4, -0.2) is 65.4 Å². The van der Waals surface area contributed by atoms with Gasteiger partial charge in [-0.3, -0.25) is 14.6 Å². The number of ether oxygens (including phenoxy) is 1. The van der Waals surface area contributed by atoms with Crippen molar-refractivity contribution in [1.82, 2.24) is 14.8 Å². The highest BCUT2D eigenvalue weighted by Crippen LogP contribution is 2.39. The number of carbonyl (C=O) groups excluding carboxylic acids is 2. The van der Waals surface area contributed by atoms with Crippen molar-refractivity contribution in [1.29, 1.82) is 0 Å². The summed E-state index contributed by atoms with van der Waals surface area (Å²) in [6, 6.07) is 9.76. The van der Waals surface area contributed by atoms with Crippen molar-refractivity contribution < 1.29 is 19.4 Å². The van der Waals surface area contributed by atoms with Gasteiger partial charge in [-0.25, -0.2) is 0 Å². The summed E-state index contributed by atoms with van der Waals surface area (Å²) in [6.07, 6.45) is 3.96. The van der Waals surface area contributed by atoms with Gasteiger partial charge in [0.05, 0.1) is 18.2 Å². The number of rotatable bonds is 8. The first-order chi connectivity index (χ1) is 14.4. The molecule has 0 saturated carbocycles. The van der Waals surface area contributed by atoms with Crippen molar-refractivity contribution in [2.45, 2.75) is 19.4 Å². The van der Waals surface area contributed by atoms with E-state index < -0.39 is 17.7 Å². The highest BCUT2D eigenvalue weighted by atomic mass is 16.5. The lowest BCUT2D eigenvalue weighted by molar-refractivity contribution is -0.139. The number of nitrogens with zero attached hydrogens (tertiary/aromatic N) is 3. The van der Waals surface area contributed by atoms with Crippen LogP contribution in [0.15, 0.2) is 54.4 Å². The van der Waals surface area contributed by atoms with Crippen LogP contribution >= 0.6 is 0 Å². The van der Waals surface area contributed by atoms with Crippen molar-refractivity contribution in [3.05, 3.63) is 65.5 Å². The number of hydrogen-bond donors (Lipinski definition) is 1. The molecule has 1 fully saturated rings. The minimum absolute atomic E-state index is 0.0755. The lowest BCUT2D eigenvalue weighted by atomic mass is 9.96. The predicted molar refractivity (Wildman–Crippen MR) is 114 cm³/mol. The van der Waals surface area contributed by atoms with Gasteiger partial charge in [0.1, 0.15) is 11.5 Å². The maximum atomic E-state index is 13.0. The Morgan fingerprint density at radius 2 is 2.03 bits per heavy atom. The Bertz CT molecular complexity index is 940. The summed E-state index contributed by atoms with van der Waals surface area (Å²) in [5.74, 6) is -0.920. The maximum absolute atomic E-state index is 13.0. The van der Waals surface area contributed by atoms with Gasteiger partial charge in [-0.1, -0.05) is 18.2 Å². The molecule has 0 spiro atoms. The van der Waals surface area contributed by atoms with Crippen LogP contribution in [0.4, 0.5) is 0 Å². The summed E-state index contributed by atoms with van der Waals surface area (Å²) < 4.78 is 5.50. The number of aliphatic hydroxyl groups excluding tert-OH is 1. The fourth-order valence-corrected chi connectivity index (χ4v) is 3.61. The quantitative estimate of drug-likeness (QED) is 0.410. The number of benzene rings is 1. The van der Waals surface area contributed by atoms with Crippen LogP contribution in [0.3, 0.4) is 0 Å². The third-order valence-corrected chi connectivity index (χ3v) is 4.96. The number of Topliss-reactive ketones (excluding diaryl/α,β-unsaturated/α-hetero) is 1. The second-order valence-corrected chi connectivity index (χ2v) is 7.40. The molecule has 1 amide bonds. The molecular weight excluding hydrogens is 382 g/mol. The Morgan fingerprint density at radius 1 is 1.23 bits per heavy atom. The molecular formula is C23H27N3O4. The largest absolute Gasteiger partial charge is 0.507 e. The zero-order valence-corrected chi connectivity index (χ0v) is 17.5. The highest BCUT2D eigenvalue weighted by molar-refractivity contribution is 6.46. The molecule has 1 N–H and O–H groups in total. The van der Waals surface area contributed by atoms with E-state index in [1.165, 1.54) is 4.90 Å². The fraction of sp³-hybridized carbons (Fsp3) is 0.348. The summed E-state index contributed by atoms with van der Waals surface area (Å²) in [6.45, 7) is 3.53. The monoisotopic (exact) mass is 409 g/mol. The molecule has 1 aromatic carbocycles. The third-order valence-electron chi connectivity index (χ3n) is 4.96. The van der Waals surface area contributed by atoms with E-state index in [-0.39, 0.29) is 11.3 Å². The Morgan fingerprint density at radius 3 is 2.70 bits per heavy atom. The van der Waals surface area contributed by atoms with Gasteiger partial charge in [0.15, 0.2) is 0 Å². The molecule has 0 aliphatic carbocycles. The number of amides is 1. The van der Waals surface area contributed by atoms with Crippen LogP contribution in [0.1, 0.15) is 30.5 Å². The van der Waals surface area contributed by atoms with Gasteiger partial charge in [0, 0.05) is 24.5 Å². The number of likely N-dealkylation sites (tertiary alicyclic amines) is 1. The predicted octanol–water partition coefficient (Wildman–Crippen LogP) is 2.85. The number of aliphatic hydroxyl groups is 1. The van der Waals surface area contributed by atoms with E-state index in [1.54, 1.807) is 42.7 Å². The molecule has 1 unspecified atom stereocenters. The van der Waals surface area contributed by atoms with Crippen LogP contribution < -0.4 is 4.74 Å². The Hall–Kier alpha value is -3.19. The number of aromatic nitrogens is 1. The number of pyridine rings is 1. The van der Waals surface area contributed by atoms with Crippen molar-refractivity contribution in [3.8, 4) is 5.75 Å². The summed E-state index contributed by atoms with van der Waals surface area (Å²) in [5.41, 5.74) is 1.19. The van der Waals surface area contributed by atoms with Gasteiger partial charge in [0.25, 0.3) is 11.7 Å². The van der Waals surface area contributed by atoms with Gasteiger partial charge in [-0.2, -0.15) is 0 Å². The molecule has 1 aliphatic heterocycles. The molecule has 1 aliphatic rings. The van der Waals surface area contributed by atoms with Gasteiger partial charge in [0.2, 0.25) is 0 Å². The summed E-state index contributed by atoms with van der Waals surface area (Å²) in [7, 11) is 3.91.